The maximum Gasteiger partial charge on any atom is 0.225 e. The highest BCUT2D eigenvalue weighted by Gasteiger charge is 2.28. The Morgan fingerprint density at radius 1 is 1.37 bits per heavy atom. The maximum absolute atomic E-state index is 12.1. The van der Waals surface area contributed by atoms with Gasteiger partial charge >= 0.3 is 0 Å². The van der Waals surface area contributed by atoms with Gasteiger partial charge in [0.1, 0.15) is 13.2 Å². The molecule has 3 rings (SSSR count). The molecule has 8 heteroatoms. The number of hydrogen-bond donors (Lipinski definition) is 2. The molecule has 2 aliphatic rings. The largest absolute Gasteiger partial charge is 0.486 e. The number of carbonyl (C=O) groups excluding carboxylic acids is 1. The number of aliphatic imine (C=N–C) groups is 1. The third-order valence-corrected chi connectivity index (χ3v) is 4.96. The molecule has 2 N–H and O–H groups in total. The minimum atomic E-state index is 0.0288. The number of carbonyl (C=O) groups is 1. The average Bonchev–Trinajstić information content (AvgIpc) is 3.13. The predicted molar refractivity (Wildman–Crippen MR) is 106 cm³/mol. The van der Waals surface area contributed by atoms with E-state index in [0.29, 0.717) is 48.8 Å². The molecule has 1 aromatic carbocycles. The van der Waals surface area contributed by atoms with Crippen LogP contribution in [-0.2, 0) is 11.3 Å². The van der Waals surface area contributed by atoms with Gasteiger partial charge in [-0.2, -0.15) is 0 Å². The first-order valence-electron chi connectivity index (χ1n) is 9.32. The van der Waals surface area contributed by atoms with Gasteiger partial charge in [-0.25, -0.2) is 0 Å². The number of nitrogens with one attached hydrogen (secondary N) is 2. The van der Waals surface area contributed by atoms with Crippen molar-refractivity contribution in [1.29, 1.82) is 0 Å². The first-order valence-corrected chi connectivity index (χ1v) is 9.69. The van der Waals surface area contributed by atoms with Gasteiger partial charge in [0.05, 0.1) is 5.02 Å². The minimum absolute atomic E-state index is 0.0288. The lowest BCUT2D eigenvalue weighted by atomic mass is 10.2. The molecule has 2 aliphatic heterocycles. The maximum atomic E-state index is 12.1. The third-order valence-electron chi connectivity index (χ3n) is 4.67. The zero-order valence-corrected chi connectivity index (χ0v) is 16.8. The molecule has 0 aromatic heterocycles. The summed E-state index contributed by atoms with van der Waals surface area (Å²) in [5, 5.41) is 7.23. The molecule has 0 radical (unpaired) electrons. The fraction of sp³-hybridized carbons (Fsp3) is 0.579. The van der Waals surface area contributed by atoms with Gasteiger partial charge in [0.15, 0.2) is 17.5 Å². The summed E-state index contributed by atoms with van der Waals surface area (Å²) in [5.41, 5.74) is 0.982. The van der Waals surface area contributed by atoms with Crippen molar-refractivity contribution in [2.75, 3.05) is 33.4 Å². The summed E-state index contributed by atoms with van der Waals surface area (Å²) in [4.78, 5) is 18.3. The number of nitrogens with zero attached hydrogens (tertiary/aromatic N) is 2. The highest BCUT2D eigenvalue weighted by molar-refractivity contribution is 6.32. The van der Waals surface area contributed by atoms with Crippen LogP contribution >= 0.6 is 11.6 Å². The molecule has 0 bridgehead atoms. The van der Waals surface area contributed by atoms with Crippen molar-refractivity contribution in [1.82, 2.24) is 15.5 Å². The van der Waals surface area contributed by atoms with Crippen molar-refractivity contribution >= 4 is 23.5 Å². The van der Waals surface area contributed by atoms with Crippen LogP contribution in [0.2, 0.25) is 5.02 Å². The molecule has 1 fully saturated rings. The molecule has 1 aromatic rings. The van der Waals surface area contributed by atoms with E-state index in [1.165, 1.54) is 0 Å². The van der Waals surface area contributed by atoms with Crippen LogP contribution in [0.3, 0.4) is 0 Å². The summed E-state index contributed by atoms with van der Waals surface area (Å²) < 4.78 is 11.2. The normalized spacial score (nSPS) is 19.4. The van der Waals surface area contributed by atoms with Crippen molar-refractivity contribution < 1.29 is 14.3 Å². The number of amides is 1. The Balaban J connectivity index is 1.54. The van der Waals surface area contributed by atoms with Gasteiger partial charge in [-0.15, -0.1) is 0 Å². The monoisotopic (exact) mass is 394 g/mol. The van der Waals surface area contributed by atoms with Crippen LogP contribution in [0.4, 0.5) is 0 Å². The van der Waals surface area contributed by atoms with Crippen LogP contribution in [-0.4, -0.2) is 56.2 Å². The number of hydrogen-bond acceptors (Lipinski definition) is 4. The molecule has 1 saturated heterocycles. The van der Waals surface area contributed by atoms with E-state index in [0.717, 1.165) is 18.5 Å². The Bertz CT molecular complexity index is 723. The van der Waals surface area contributed by atoms with Crippen LogP contribution in [0.1, 0.15) is 25.8 Å². The molecule has 7 nitrogen and oxygen atoms in total. The molecule has 148 valence electrons. The van der Waals surface area contributed by atoms with Gasteiger partial charge in [0.2, 0.25) is 5.91 Å². The van der Waals surface area contributed by atoms with Crippen LogP contribution in [0, 0.1) is 5.92 Å². The molecule has 1 amide bonds. The van der Waals surface area contributed by atoms with Gasteiger partial charge in [-0.3, -0.25) is 9.79 Å². The number of rotatable bonds is 4. The van der Waals surface area contributed by atoms with E-state index in [9.17, 15) is 4.79 Å². The van der Waals surface area contributed by atoms with Crippen molar-refractivity contribution in [3.05, 3.63) is 22.7 Å². The first-order chi connectivity index (χ1) is 13.0. The highest BCUT2D eigenvalue weighted by Crippen LogP contribution is 2.38. The second-order valence-corrected chi connectivity index (χ2v) is 7.50. The fourth-order valence-electron chi connectivity index (χ4n) is 3.28. The van der Waals surface area contributed by atoms with E-state index in [1.54, 1.807) is 7.05 Å². The molecule has 0 aliphatic carbocycles. The molecular weight excluding hydrogens is 368 g/mol. The lowest BCUT2D eigenvalue weighted by molar-refractivity contribution is -0.133. The first kappa shape index (κ1) is 19.6. The van der Waals surface area contributed by atoms with Crippen LogP contribution in [0.25, 0.3) is 0 Å². The molecule has 0 saturated carbocycles. The van der Waals surface area contributed by atoms with Gasteiger partial charge in [-0.05, 0) is 24.1 Å². The Morgan fingerprint density at radius 3 is 2.89 bits per heavy atom. The SMILES string of the molecule is CN=C(NCc1cc(Cl)c2c(c1)OCCO2)NC1CCN(C(=O)C(C)C)C1. The van der Waals surface area contributed by atoms with Crippen LogP contribution in [0.5, 0.6) is 11.5 Å². The third kappa shape index (κ3) is 4.77. The Morgan fingerprint density at radius 2 is 2.15 bits per heavy atom. The predicted octanol–water partition coefficient (Wildman–Crippen LogP) is 2.03. The molecule has 2 heterocycles. The van der Waals surface area contributed by atoms with E-state index in [1.807, 2.05) is 30.9 Å². The standard InChI is InChI=1S/C19H27ClN4O3/c1-12(2)18(25)24-5-4-14(11-24)23-19(21-3)22-10-13-8-15(20)17-16(9-13)26-6-7-27-17/h8-9,12,14H,4-7,10-11H2,1-3H3,(H2,21,22,23). The number of benzene rings is 1. The Hall–Kier alpha value is -2.15. The smallest absolute Gasteiger partial charge is 0.225 e. The zero-order chi connectivity index (χ0) is 19.4. The average molecular weight is 395 g/mol. The Kier molecular flexibility index (Phi) is 6.31. The Labute approximate surface area is 165 Å². The molecular formula is C19H27ClN4O3. The summed E-state index contributed by atoms with van der Waals surface area (Å²) >= 11 is 6.29. The lowest BCUT2D eigenvalue weighted by Gasteiger charge is -2.21. The van der Waals surface area contributed by atoms with Crippen LogP contribution < -0.4 is 20.1 Å². The number of guanidine groups is 1. The summed E-state index contributed by atoms with van der Waals surface area (Å²) in [6.07, 6.45) is 0.912. The number of fused-ring (bicyclic) bond motifs is 1. The quantitative estimate of drug-likeness (QED) is 0.603. The van der Waals surface area contributed by atoms with Crippen molar-refractivity contribution in [3.8, 4) is 11.5 Å². The van der Waals surface area contributed by atoms with Gasteiger partial charge < -0.3 is 25.0 Å². The van der Waals surface area contributed by atoms with E-state index in [4.69, 9.17) is 21.1 Å². The summed E-state index contributed by atoms with van der Waals surface area (Å²) in [6.45, 7) is 6.94. The lowest BCUT2D eigenvalue weighted by Crippen LogP contribution is -2.45. The van der Waals surface area contributed by atoms with E-state index < -0.39 is 0 Å². The molecule has 1 atom stereocenters. The molecule has 1 unspecified atom stereocenters. The second kappa shape index (κ2) is 8.69. The van der Waals surface area contributed by atoms with E-state index in [-0.39, 0.29) is 17.9 Å². The van der Waals surface area contributed by atoms with Gasteiger partial charge in [-0.1, -0.05) is 25.4 Å². The molecule has 0 spiro atoms. The topological polar surface area (TPSA) is 75.2 Å². The van der Waals surface area contributed by atoms with Crippen molar-refractivity contribution in [2.24, 2.45) is 10.9 Å². The second-order valence-electron chi connectivity index (χ2n) is 7.10. The van der Waals surface area contributed by atoms with E-state index in [2.05, 4.69) is 15.6 Å². The molecule has 27 heavy (non-hydrogen) atoms. The number of likely N-dealkylation sites (tertiary alicyclic amines) is 1. The highest BCUT2D eigenvalue weighted by atomic mass is 35.5. The van der Waals surface area contributed by atoms with Crippen LogP contribution in [0.15, 0.2) is 17.1 Å². The zero-order valence-electron chi connectivity index (χ0n) is 16.0. The van der Waals surface area contributed by atoms with Gasteiger partial charge in [0, 0.05) is 38.6 Å². The van der Waals surface area contributed by atoms with E-state index >= 15 is 0 Å². The summed E-state index contributed by atoms with van der Waals surface area (Å²) in [7, 11) is 1.73. The van der Waals surface area contributed by atoms with Crippen molar-refractivity contribution in [2.45, 2.75) is 32.9 Å². The number of ether oxygens (including phenoxy) is 2. The minimum Gasteiger partial charge on any atom is -0.486 e. The summed E-state index contributed by atoms with van der Waals surface area (Å²) in [5.74, 6) is 2.21. The van der Waals surface area contributed by atoms with Crippen molar-refractivity contribution in [3.63, 3.8) is 0 Å². The van der Waals surface area contributed by atoms with Gasteiger partial charge in [0.25, 0.3) is 0 Å². The summed E-state index contributed by atoms with van der Waals surface area (Å²) in [6, 6.07) is 4.00. The number of halogens is 1. The fourth-order valence-corrected chi connectivity index (χ4v) is 3.57.